The van der Waals surface area contributed by atoms with Gasteiger partial charge in [-0.05, 0) is 34.1 Å². The Morgan fingerprint density at radius 3 is 2.28 bits per heavy atom. The third kappa shape index (κ3) is 2.62. The van der Waals surface area contributed by atoms with E-state index in [0.29, 0.717) is 4.57 Å². The van der Waals surface area contributed by atoms with Gasteiger partial charge in [-0.25, -0.2) is 18.0 Å². The van der Waals surface area contributed by atoms with Crippen LogP contribution in [0, 0.1) is 17.5 Å². The number of aromatic nitrogens is 1. The van der Waals surface area contributed by atoms with Gasteiger partial charge in [0.2, 0.25) is 0 Å². The summed E-state index contributed by atoms with van der Waals surface area (Å²) in [6.07, 6.45) is 0. The van der Waals surface area contributed by atoms with E-state index < -0.39 is 50.4 Å². The Morgan fingerprint density at radius 1 is 1.04 bits per heavy atom. The molecule has 3 rings (SSSR count). The Labute approximate surface area is 147 Å². The standard InChI is InChI=1S/C17H9BrF3NO3/c1-25-17(24)10-7-9-12(19)11(18)13(20)14(21)15(9)22(10)16(23)8-5-3-2-4-6-8/h2-7H,1H3. The number of fused-ring (bicyclic) bond motifs is 1. The normalized spacial score (nSPS) is 10.9. The molecule has 0 radical (unpaired) electrons. The fourth-order valence-corrected chi connectivity index (χ4v) is 2.87. The molecule has 4 nitrogen and oxygen atoms in total. The van der Waals surface area contributed by atoms with Crippen molar-refractivity contribution >= 4 is 38.7 Å². The van der Waals surface area contributed by atoms with Crippen LogP contribution in [0.15, 0.2) is 40.9 Å². The number of hydrogen-bond acceptors (Lipinski definition) is 3. The van der Waals surface area contributed by atoms with Crippen LogP contribution in [0.5, 0.6) is 0 Å². The summed E-state index contributed by atoms with van der Waals surface area (Å²) in [4.78, 5) is 24.7. The number of nitrogens with zero attached hydrogens (tertiary/aromatic N) is 1. The second-order valence-corrected chi connectivity index (χ2v) is 5.84. The number of carbonyl (C=O) groups excluding carboxylic acids is 2. The summed E-state index contributed by atoms with van der Waals surface area (Å²) in [6, 6.07) is 8.58. The van der Waals surface area contributed by atoms with E-state index in [1.54, 1.807) is 18.2 Å². The van der Waals surface area contributed by atoms with E-state index >= 15 is 0 Å². The molecule has 0 saturated heterocycles. The van der Waals surface area contributed by atoms with Crippen molar-refractivity contribution < 1.29 is 27.5 Å². The Morgan fingerprint density at radius 2 is 1.68 bits per heavy atom. The average Bonchev–Trinajstić information content (AvgIpc) is 3.04. The maximum absolute atomic E-state index is 14.5. The third-order valence-corrected chi connectivity index (χ3v) is 4.34. The summed E-state index contributed by atoms with van der Waals surface area (Å²) < 4.78 is 47.2. The molecule has 1 aromatic heterocycles. The molecular formula is C17H9BrF3NO3. The summed E-state index contributed by atoms with van der Waals surface area (Å²) in [6.45, 7) is 0. The number of esters is 1. The van der Waals surface area contributed by atoms with Gasteiger partial charge < -0.3 is 4.74 Å². The smallest absolute Gasteiger partial charge is 0.355 e. The number of carbonyl (C=O) groups is 2. The average molecular weight is 412 g/mol. The number of methoxy groups -OCH3 is 1. The topological polar surface area (TPSA) is 48.3 Å². The SMILES string of the molecule is COC(=O)c1cc2c(F)c(Br)c(F)c(F)c2n1C(=O)c1ccccc1. The van der Waals surface area contributed by atoms with Gasteiger partial charge >= 0.3 is 5.97 Å². The molecular weight excluding hydrogens is 403 g/mol. The monoisotopic (exact) mass is 411 g/mol. The number of rotatable bonds is 2. The highest BCUT2D eigenvalue weighted by Gasteiger charge is 2.29. The van der Waals surface area contributed by atoms with Crippen LogP contribution in [0.4, 0.5) is 13.2 Å². The predicted molar refractivity (Wildman–Crippen MR) is 87.0 cm³/mol. The van der Waals surface area contributed by atoms with Crippen LogP contribution in [0.2, 0.25) is 0 Å². The lowest BCUT2D eigenvalue weighted by Crippen LogP contribution is -2.19. The van der Waals surface area contributed by atoms with Gasteiger partial charge in [-0.2, -0.15) is 0 Å². The molecule has 0 amide bonds. The third-order valence-electron chi connectivity index (χ3n) is 3.64. The molecule has 0 bridgehead atoms. The van der Waals surface area contributed by atoms with Crippen molar-refractivity contribution in [3.63, 3.8) is 0 Å². The number of halogens is 4. The molecule has 1 heterocycles. The molecule has 8 heteroatoms. The fourth-order valence-electron chi connectivity index (χ4n) is 2.48. The van der Waals surface area contributed by atoms with E-state index in [2.05, 4.69) is 20.7 Å². The molecule has 0 unspecified atom stereocenters. The highest BCUT2D eigenvalue weighted by atomic mass is 79.9. The van der Waals surface area contributed by atoms with Crippen molar-refractivity contribution in [3.05, 3.63) is 69.6 Å². The number of ether oxygens (including phenoxy) is 1. The Kier molecular flexibility index (Phi) is 4.38. The maximum atomic E-state index is 14.5. The van der Waals surface area contributed by atoms with Gasteiger partial charge in [-0.3, -0.25) is 9.36 Å². The van der Waals surface area contributed by atoms with Crippen LogP contribution in [0.25, 0.3) is 10.9 Å². The van der Waals surface area contributed by atoms with Gasteiger partial charge in [0.1, 0.15) is 11.5 Å². The van der Waals surface area contributed by atoms with Crippen LogP contribution < -0.4 is 0 Å². The number of hydrogen-bond donors (Lipinski definition) is 0. The lowest BCUT2D eigenvalue weighted by molar-refractivity contribution is 0.0584. The Bertz CT molecular complexity index is 1020. The zero-order valence-corrected chi connectivity index (χ0v) is 14.2. The first-order chi connectivity index (χ1) is 11.9. The summed E-state index contributed by atoms with van der Waals surface area (Å²) in [5.41, 5.74) is -0.984. The van der Waals surface area contributed by atoms with Crippen LogP contribution in [0.3, 0.4) is 0 Å². The van der Waals surface area contributed by atoms with E-state index in [-0.39, 0.29) is 5.56 Å². The second kappa shape index (κ2) is 6.36. The molecule has 0 aliphatic rings. The van der Waals surface area contributed by atoms with Gasteiger partial charge in [-0.1, -0.05) is 18.2 Å². The fraction of sp³-hybridized carbons (Fsp3) is 0.0588. The van der Waals surface area contributed by atoms with E-state index in [9.17, 15) is 22.8 Å². The molecule has 0 aliphatic heterocycles. The quantitative estimate of drug-likeness (QED) is 0.359. The van der Waals surface area contributed by atoms with Crippen molar-refractivity contribution in [1.82, 2.24) is 4.57 Å². The lowest BCUT2D eigenvalue weighted by Gasteiger charge is -2.09. The van der Waals surface area contributed by atoms with Crippen molar-refractivity contribution in [1.29, 1.82) is 0 Å². The molecule has 0 N–H and O–H groups in total. The predicted octanol–water partition coefficient (Wildman–Crippen LogP) is 4.30. The molecule has 0 aliphatic carbocycles. The number of benzene rings is 2. The highest BCUT2D eigenvalue weighted by molar-refractivity contribution is 9.10. The zero-order chi connectivity index (χ0) is 18.3. The van der Waals surface area contributed by atoms with Gasteiger partial charge in [0, 0.05) is 10.9 Å². The van der Waals surface area contributed by atoms with Gasteiger partial charge in [0.15, 0.2) is 11.6 Å². The molecule has 0 fully saturated rings. The van der Waals surface area contributed by atoms with Gasteiger partial charge in [-0.15, -0.1) is 0 Å². The Balaban J connectivity index is 2.43. The minimum atomic E-state index is -1.50. The maximum Gasteiger partial charge on any atom is 0.355 e. The molecule has 0 saturated carbocycles. The van der Waals surface area contributed by atoms with Gasteiger partial charge in [0.05, 0.1) is 17.1 Å². The largest absolute Gasteiger partial charge is 0.464 e. The van der Waals surface area contributed by atoms with Crippen LogP contribution in [0.1, 0.15) is 20.8 Å². The Hall–Kier alpha value is -2.61. The molecule has 0 atom stereocenters. The van der Waals surface area contributed by atoms with E-state index in [1.165, 1.54) is 12.1 Å². The molecule has 128 valence electrons. The van der Waals surface area contributed by atoms with Crippen LogP contribution >= 0.6 is 15.9 Å². The molecule has 3 aromatic rings. The summed E-state index contributed by atoms with van der Waals surface area (Å²) in [5.74, 6) is -5.89. The molecule has 25 heavy (non-hydrogen) atoms. The first kappa shape index (κ1) is 17.2. The minimum Gasteiger partial charge on any atom is -0.464 e. The van der Waals surface area contributed by atoms with E-state index in [4.69, 9.17) is 0 Å². The minimum absolute atomic E-state index is 0.105. The highest BCUT2D eigenvalue weighted by Crippen LogP contribution is 2.34. The summed E-state index contributed by atoms with van der Waals surface area (Å²) in [5, 5.41) is -0.421. The van der Waals surface area contributed by atoms with E-state index in [1.807, 2.05) is 0 Å². The zero-order valence-electron chi connectivity index (χ0n) is 12.6. The van der Waals surface area contributed by atoms with E-state index in [0.717, 1.165) is 13.2 Å². The van der Waals surface area contributed by atoms with Crippen molar-refractivity contribution in [3.8, 4) is 0 Å². The van der Waals surface area contributed by atoms with Crippen LogP contribution in [-0.2, 0) is 4.74 Å². The van der Waals surface area contributed by atoms with Gasteiger partial charge in [0.25, 0.3) is 5.91 Å². The second-order valence-electron chi connectivity index (χ2n) is 5.05. The van der Waals surface area contributed by atoms with Crippen molar-refractivity contribution in [2.45, 2.75) is 0 Å². The summed E-state index contributed by atoms with van der Waals surface area (Å²) >= 11 is 2.62. The molecule has 0 spiro atoms. The van der Waals surface area contributed by atoms with Crippen LogP contribution in [-0.4, -0.2) is 23.6 Å². The summed E-state index contributed by atoms with van der Waals surface area (Å²) in [7, 11) is 1.06. The molecule has 2 aromatic carbocycles. The first-order valence-corrected chi connectivity index (χ1v) is 7.73. The van der Waals surface area contributed by atoms with Crippen molar-refractivity contribution in [2.24, 2.45) is 0 Å². The van der Waals surface area contributed by atoms with Crippen molar-refractivity contribution in [2.75, 3.05) is 7.11 Å². The first-order valence-electron chi connectivity index (χ1n) is 6.94. The lowest BCUT2D eigenvalue weighted by atomic mass is 10.2.